The molecule has 1 unspecified atom stereocenters. The molecule has 1 N–H and O–H groups in total. The van der Waals surface area contributed by atoms with Gasteiger partial charge >= 0.3 is 0 Å². The lowest BCUT2D eigenvalue weighted by molar-refractivity contribution is 0.583. The lowest BCUT2D eigenvalue weighted by atomic mass is 9.96. The van der Waals surface area contributed by atoms with Gasteiger partial charge in [-0.15, -0.1) is 0 Å². The largest absolute Gasteiger partial charge is 0.354 e. The maximum Gasteiger partial charge on any atom is 0.128 e. The van der Waals surface area contributed by atoms with Crippen molar-refractivity contribution in [2.45, 2.75) is 39.0 Å². The molecule has 3 heteroatoms. The molecule has 100 valence electrons. The predicted octanol–water partition coefficient (Wildman–Crippen LogP) is 2.78. The summed E-state index contributed by atoms with van der Waals surface area (Å²) in [5.41, 5.74) is 1.44. The Morgan fingerprint density at radius 3 is 2.89 bits per heavy atom. The van der Waals surface area contributed by atoms with Crippen molar-refractivity contribution < 1.29 is 0 Å². The number of rotatable bonds is 5. The van der Waals surface area contributed by atoms with Crippen molar-refractivity contribution in [1.29, 1.82) is 0 Å². The van der Waals surface area contributed by atoms with E-state index in [9.17, 15) is 0 Å². The van der Waals surface area contributed by atoms with Crippen LogP contribution in [0.4, 0.5) is 5.82 Å². The third kappa shape index (κ3) is 3.45. The van der Waals surface area contributed by atoms with Gasteiger partial charge in [0.1, 0.15) is 5.82 Å². The fourth-order valence-electron chi connectivity index (χ4n) is 2.48. The van der Waals surface area contributed by atoms with Crippen molar-refractivity contribution in [2.24, 2.45) is 0 Å². The van der Waals surface area contributed by atoms with Crippen molar-refractivity contribution in [3.63, 3.8) is 0 Å². The highest BCUT2D eigenvalue weighted by molar-refractivity contribution is 5.42. The molecule has 0 spiro atoms. The van der Waals surface area contributed by atoms with E-state index >= 15 is 0 Å². The molecular weight excluding hydrogens is 222 g/mol. The molecule has 18 heavy (non-hydrogen) atoms. The van der Waals surface area contributed by atoms with E-state index in [2.05, 4.69) is 41.2 Å². The number of nitrogens with one attached hydrogen (secondary N) is 1. The SMILES string of the molecule is CCCCC(C)c1ccnc(N2CCNCC2)c1. The Hall–Kier alpha value is -1.09. The van der Waals surface area contributed by atoms with Crippen LogP contribution >= 0.6 is 0 Å². The first-order valence-electron chi connectivity index (χ1n) is 7.23. The van der Waals surface area contributed by atoms with Gasteiger partial charge in [-0.05, 0) is 30.0 Å². The highest BCUT2D eigenvalue weighted by Crippen LogP contribution is 2.24. The molecular formula is C15H25N3. The van der Waals surface area contributed by atoms with Gasteiger partial charge in [0.05, 0.1) is 0 Å². The van der Waals surface area contributed by atoms with Crippen molar-refractivity contribution >= 4 is 5.82 Å². The van der Waals surface area contributed by atoms with E-state index in [0.717, 1.165) is 32.0 Å². The van der Waals surface area contributed by atoms with E-state index in [-0.39, 0.29) is 0 Å². The molecule has 1 aliphatic rings. The summed E-state index contributed by atoms with van der Waals surface area (Å²) in [6, 6.07) is 4.46. The Kier molecular flexibility index (Phi) is 5.00. The third-order valence-electron chi connectivity index (χ3n) is 3.77. The molecule has 1 saturated heterocycles. The zero-order valence-corrected chi connectivity index (χ0v) is 11.7. The zero-order valence-electron chi connectivity index (χ0n) is 11.7. The van der Waals surface area contributed by atoms with Crippen LogP contribution in [0.25, 0.3) is 0 Å². The van der Waals surface area contributed by atoms with Crippen LogP contribution in [0.2, 0.25) is 0 Å². The van der Waals surface area contributed by atoms with Gasteiger partial charge in [0.25, 0.3) is 0 Å². The van der Waals surface area contributed by atoms with Crippen LogP contribution in [0.5, 0.6) is 0 Å². The second-order valence-electron chi connectivity index (χ2n) is 5.23. The minimum atomic E-state index is 0.648. The summed E-state index contributed by atoms with van der Waals surface area (Å²) in [6.45, 7) is 8.85. The summed E-state index contributed by atoms with van der Waals surface area (Å²) >= 11 is 0. The van der Waals surface area contributed by atoms with Crippen LogP contribution in [-0.4, -0.2) is 31.2 Å². The average molecular weight is 247 g/mol. The van der Waals surface area contributed by atoms with E-state index in [0.29, 0.717) is 5.92 Å². The van der Waals surface area contributed by atoms with Crippen molar-refractivity contribution in [1.82, 2.24) is 10.3 Å². The Labute approximate surface area is 111 Å². The second kappa shape index (κ2) is 6.74. The number of anilines is 1. The quantitative estimate of drug-likeness (QED) is 0.867. The summed E-state index contributed by atoms with van der Waals surface area (Å²) in [5.74, 6) is 1.80. The molecule has 0 aromatic carbocycles. The molecule has 0 bridgehead atoms. The smallest absolute Gasteiger partial charge is 0.128 e. The molecule has 1 aliphatic heterocycles. The van der Waals surface area contributed by atoms with Gasteiger partial charge in [-0.3, -0.25) is 0 Å². The van der Waals surface area contributed by atoms with Crippen molar-refractivity contribution in [2.75, 3.05) is 31.1 Å². The molecule has 1 fully saturated rings. The molecule has 0 radical (unpaired) electrons. The van der Waals surface area contributed by atoms with E-state index in [4.69, 9.17) is 0 Å². The van der Waals surface area contributed by atoms with Crippen LogP contribution < -0.4 is 10.2 Å². The Morgan fingerprint density at radius 2 is 2.17 bits per heavy atom. The fourth-order valence-corrected chi connectivity index (χ4v) is 2.48. The highest BCUT2D eigenvalue weighted by atomic mass is 15.2. The first kappa shape index (κ1) is 13.3. The lowest BCUT2D eigenvalue weighted by Gasteiger charge is -2.29. The van der Waals surface area contributed by atoms with Crippen LogP contribution in [0.3, 0.4) is 0 Å². The van der Waals surface area contributed by atoms with Gasteiger partial charge < -0.3 is 10.2 Å². The molecule has 2 heterocycles. The average Bonchev–Trinajstić information content (AvgIpc) is 2.46. The van der Waals surface area contributed by atoms with Gasteiger partial charge in [-0.25, -0.2) is 4.98 Å². The first-order chi connectivity index (χ1) is 8.81. The third-order valence-corrected chi connectivity index (χ3v) is 3.77. The van der Waals surface area contributed by atoms with Gasteiger partial charge in [-0.1, -0.05) is 26.7 Å². The summed E-state index contributed by atoms with van der Waals surface area (Å²) in [4.78, 5) is 6.91. The lowest BCUT2D eigenvalue weighted by Crippen LogP contribution is -2.43. The second-order valence-corrected chi connectivity index (χ2v) is 5.23. The van der Waals surface area contributed by atoms with Gasteiger partial charge in [0, 0.05) is 32.4 Å². The summed E-state index contributed by atoms with van der Waals surface area (Å²) in [6.07, 6.45) is 5.84. The van der Waals surface area contributed by atoms with E-state index in [1.54, 1.807) is 0 Å². The molecule has 3 nitrogen and oxygen atoms in total. The molecule has 0 saturated carbocycles. The highest BCUT2D eigenvalue weighted by Gasteiger charge is 2.13. The number of hydrogen-bond donors (Lipinski definition) is 1. The minimum Gasteiger partial charge on any atom is -0.354 e. The van der Waals surface area contributed by atoms with Gasteiger partial charge in [0.2, 0.25) is 0 Å². The molecule has 2 rings (SSSR count). The van der Waals surface area contributed by atoms with Crippen molar-refractivity contribution in [3.8, 4) is 0 Å². The van der Waals surface area contributed by atoms with Crippen LogP contribution in [0.15, 0.2) is 18.3 Å². The number of aromatic nitrogens is 1. The van der Waals surface area contributed by atoms with Crippen LogP contribution in [-0.2, 0) is 0 Å². The fraction of sp³-hybridized carbons (Fsp3) is 0.667. The molecule has 0 amide bonds. The van der Waals surface area contributed by atoms with Crippen molar-refractivity contribution in [3.05, 3.63) is 23.9 Å². The first-order valence-corrected chi connectivity index (χ1v) is 7.23. The predicted molar refractivity (Wildman–Crippen MR) is 77.3 cm³/mol. The zero-order chi connectivity index (χ0) is 12.8. The Bertz CT molecular complexity index is 359. The number of pyridine rings is 1. The molecule has 0 aliphatic carbocycles. The molecule has 1 aromatic heterocycles. The topological polar surface area (TPSA) is 28.2 Å². The monoisotopic (exact) mass is 247 g/mol. The minimum absolute atomic E-state index is 0.648. The Balaban J connectivity index is 2.04. The van der Waals surface area contributed by atoms with E-state index in [1.165, 1.54) is 24.8 Å². The number of piperazine rings is 1. The summed E-state index contributed by atoms with van der Waals surface area (Å²) < 4.78 is 0. The number of unbranched alkanes of at least 4 members (excludes halogenated alkanes) is 1. The van der Waals surface area contributed by atoms with Crippen LogP contribution in [0, 0.1) is 0 Å². The number of hydrogen-bond acceptors (Lipinski definition) is 3. The summed E-state index contributed by atoms with van der Waals surface area (Å²) in [5, 5.41) is 3.38. The molecule has 1 atom stereocenters. The maximum absolute atomic E-state index is 4.52. The normalized spacial score (nSPS) is 17.8. The Morgan fingerprint density at radius 1 is 1.39 bits per heavy atom. The van der Waals surface area contributed by atoms with E-state index < -0.39 is 0 Å². The van der Waals surface area contributed by atoms with Gasteiger partial charge in [-0.2, -0.15) is 0 Å². The van der Waals surface area contributed by atoms with Gasteiger partial charge in [0.15, 0.2) is 0 Å². The molecule has 1 aromatic rings. The maximum atomic E-state index is 4.52. The van der Waals surface area contributed by atoms with E-state index in [1.807, 2.05) is 6.20 Å². The summed E-state index contributed by atoms with van der Waals surface area (Å²) in [7, 11) is 0. The van der Waals surface area contributed by atoms with Crippen LogP contribution in [0.1, 0.15) is 44.6 Å². The number of nitrogens with zero attached hydrogens (tertiary/aromatic N) is 2. The standard InChI is InChI=1S/C15H25N3/c1-3-4-5-13(2)14-6-7-17-15(12-14)18-10-8-16-9-11-18/h6-7,12-13,16H,3-5,8-11H2,1-2H3.